The van der Waals surface area contributed by atoms with E-state index < -0.39 is 16.9 Å². The number of rotatable bonds is 3. The van der Waals surface area contributed by atoms with Crippen LogP contribution in [0.1, 0.15) is 17.3 Å². The second-order valence-electron chi connectivity index (χ2n) is 3.64. The molecule has 7 heteroatoms. The van der Waals surface area contributed by atoms with E-state index in [4.69, 9.17) is 16.9 Å². The first-order valence-corrected chi connectivity index (χ1v) is 5.37. The van der Waals surface area contributed by atoms with Gasteiger partial charge in [0.05, 0.1) is 11.0 Å². The van der Waals surface area contributed by atoms with Gasteiger partial charge >= 0.3 is 0 Å². The quantitative estimate of drug-likeness (QED) is 0.620. The van der Waals surface area contributed by atoms with Crippen LogP contribution in [-0.2, 0) is 0 Å². The molecule has 18 heavy (non-hydrogen) atoms. The van der Waals surface area contributed by atoms with Crippen molar-refractivity contribution in [2.45, 2.75) is 13.0 Å². The first-order valence-electron chi connectivity index (χ1n) is 4.99. The van der Waals surface area contributed by atoms with Crippen LogP contribution in [0.2, 0.25) is 5.02 Å². The van der Waals surface area contributed by atoms with E-state index in [9.17, 15) is 14.9 Å². The van der Waals surface area contributed by atoms with Gasteiger partial charge in [-0.05, 0) is 19.1 Å². The van der Waals surface area contributed by atoms with Crippen molar-refractivity contribution in [1.29, 1.82) is 5.26 Å². The topological polar surface area (TPSA) is 87.2 Å². The lowest BCUT2D eigenvalue weighted by atomic mass is 10.1. The number of nitro benzene ring substituents is 1. The van der Waals surface area contributed by atoms with Crippen molar-refractivity contribution in [2.75, 3.05) is 7.05 Å². The predicted molar refractivity (Wildman–Crippen MR) is 65.3 cm³/mol. The zero-order chi connectivity index (χ0) is 13.9. The molecule has 1 atom stereocenters. The molecule has 6 nitrogen and oxygen atoms in total. The van der Waals surface area contributed by atoms with Crippen molar-refractivity contribution < 1.29 is 9.72 Å². The van der Waals surface area contributed by atoms with Crippen LogP contribution in [0.25, 0.3) is 0 Å². The Morgan fingerprint density at radius 2 is 2.22 bits per heavy atom. The third-order valence-electron chi connectivity index (χ3n) is 2.47. The van der Waals surface area contributed by atoms with Crippen LogP contribution in [0.15, 0.2) is 18.2 Å². The smallest absolute Gasteiger partial charge is 0.282 e. The molecule has 1 unspecified atom stereocenters. The Hall–Kier alpha value is -2.13. The van der Waals surface area contributed by atoms with Gasteiger partial charge in [0.25, 0.3) is 11.6 Å². The minimum Gasteiger partial charge on any atom is -0.326 e. The predicted octanol–water partition coefficient (Wildman–Crippen LogP) is 2.23. The van der Waals surface area contributed by atoms with Crippen molar-refractivity contribution in [3.63, 3.8) is 0 Å². The van der Waals surface area contributed by atoms with Gasteiger partial charge < -0.3 is 4.90 Å². The normalized spacial score (nSPS) is 11.4. The highest BCUT2D eigenvalue weighted by Crippen LogP contribution is 2.24. The van der Waals surface area contributed by atoms with E-state index in [1.165, 1.54) is 32.2 Å². The fourth-order valence-corrected chi connectivity index (χ4v) is 1.46. The fraction of sp³-hybridized carbons (Fsp3) is 0.273. The summed E-state index contributed by atoms with van der Waals surface area (Å²) >= 11 is 5.73. The number of halogens is 1. The SMILES string of the molecule is CC(C#N)N(C)C(=O)c1cc(Cl)ccc1[N+](=O)[O-]. The third-order valence-corrected chi connectivity index (χ3v) is 2.71. The summed E-state index contributed by atoms with van der Waals surface area (Å²) in [5, 5.41) is 19.8. The number of carbonyl (C=O) groups excluding carboxylic acids is 1. The molecule has 0 heterocycles. The largest absolute Gasteiger partial charge is 0.326 e. The van der Waals surface area contributed by atoms with Gasteiger partial charge in [0.15, 0.2) is 0 Å². The Bertz CT molecular complexity index is 539. The van der Waals surface area contributed by atoms with Gasteiger partial charge in [-0.25, -0.2) is 0 Å². The van der Waals surface area contributed by atoms with Gasteiger partial charge in [0, 0.05) is 18.1 Å². The molecule has 0 aliphatic heterocycles. The van der Waals surface area contributed by atoms with Crippen LogP contribution in [0.4, 0.5) is 5.69 Å². The zero-order valence-corrected chi connectivity index (χ0v) is 10.5. The monoisotopic (exact) mass is 267 g/mol. The van der Waals surface area contributed by atoms with E-state index in [-0.39, 0.29) is 16.3 Å². The molecule has 1 aromatic rings. The van der Waals surface area contributed by atoms with Crippen molar-refractivity contribution in [2.24, 2.45) is 0 Å². The van der Waals surface area contributed by atoms with Crippen molar-refractivity contribution >= 4 is 23.2 Å². The van der Waals surface area contributed by atoms with E-state index in [0.717, 1.165) is 4.90 Å². The van der Waals surface area contributed by atoms with E-state index in [1.807, 2.05) is 6.07 Å². The molecule has 0 N–H and O–H groups in total. The summed E-state index contributed by atoms with van der Waals surface area (Å²) in [4.78, 5) is 23.3. The molecule has 0 aromatic heterocycles. The summed E-state index contributed by atoms with van der Waals surface area (Å²) in [5.41, 5.74) is -0.460. The molecule has 0 spiro atoms. The second-order valence-corrected chi connectivity index (χ2v) is 4.08. The number of hydrogen-bond acceptors (Lipinski definition) is 4. The highest BCUT2D eigenvalue weighted by Gasteiger charge is 2.25. The van der Waals surface area contributed by atoms with Gasteiger partial charge in [-0.2, -0.15) is 5.26 Å². The number of carbonyl (C=O) groups is 1. The van der Waals surface area contributed by atoms with Gasteiger partial charge in [-0.15, -0.1) is 0 Å². The summed E-state index contributed by atoms with van der Waals surface area (Å²) in [6, 6.07) is 4.93. The molecule has 1 amide bonds. The molecule has 0 bridgehead atoms. The minimum absolute atomic E-state index is 0.128. The van der Waals surface area contributed by atoms with Crippen LogP contribution < -0.4 is 0 Å². The molecule has 1 rings (SSSR count). The lowest BCUT2D eigenvalue weighted by molar-refractivity contribution is -0.385. The van der Waals surface area contributed by atoms with Crippen LogP contribution >= 0.6 is 11.6 Å². The standard InChI is InChI=1S/C11H10ClN3O3/c1-7(6-13)14(2)11(16)9-5-8(12)3-4-10(9)15(17)18/h3-5,7H,1-2H3. The average Bonchev–Trinajstić information content (AvgIpc) is 2.35. The lowest BCUT2D eigenvalue weighted by Crippen LogP contribution is -2.34. The Kier molecular flexibility index (Phi) is 4.23. The van der Waals surface area contributed by atoms with Gasteiger partial charge in [0.1, 0.15) is 11.6 Å². The third kappa shape index (κ3) is 2.76. The summed E-state index contributed by atoms with van der Waals surface area (Å²) in [6.07, 6.45) is 0. The number of benzene rings is 1. The van der Waals surface area contributed by atoms with Crippen LogP contribution in [0.3, 0.4) is 0 Å². The highest BCUT2D eigenvalue weighted by atomic mass is 35.5. The van der Waals surface area contributed by atoms with Crippen LogP contribution in [-0.4, -0.2) is 28.8 Å². The van der Waals surface area contributed by atoms with E-state index in [1.54, 1.807) is 0 Å². The average molecular weight is 268 g/mol. The zero-order valence-electron chi connectivity index (χ0n) is 9.75. The first kappa shape index (κ1) is 13.9. The van der Waals surface area contributed by atoms with Crippen LogP contribution in [0, 0.1) is 21.4 Å². The lowest BCUT2D eigenvalue weighted by Gasteiger charge is -2.19. The maximum Gasteiger partial charge on any atom is 0.282 e. The molecular formula is C11H10ClN3O3. The molecule has 0 saturated heterocycles. The van der Waals surface area contributed by atoms with E-state index >= 15 is 0 Å². The molecule has 0 radical (unpaired) electrons. The number of amides is 1. The summed E-state index contributed by atoms with van der Waals surface area (Å²) in [5.74, 6) is -0.613. The van der Waals surface area contributed by atoms with E-state index in [0.29, 0.717) is 0 Å². The second kappa shape index (κ2) is 5.47. The van der Waals surface area contributed by atoms with Gasteiger partial charge in [-0.1, -0.05) is 11.6 Å². The molecule has 0 aliphatic carbocycles. The van der Waals surface area contributed by atoms with Gasteiger partial charge in [-0.3, -0.25) is 14.9 Å². The van der Waals surface area contributed by atoms with Crippen LogP contribution in [0.5, 0.6) is 0 Å². The molecule has 94 valence electrons. The number of nitrogens with zero attached hydrogens (tertiary/aromatic N) is 3. The van der Waals surface area contributed by atoms with E-state index in [2.05, 4.69) is 0 Å². The maximum atomic E-state index is 12.0. The molecule has 0 aliphatic rings. The Labute approximate surface area is 109 Å². The molecular weight excluding hydrogens is 258 g/mol. The molecule has 0 saturated carbocycles. The first-order chi connectivity index (χ1) is 8.38. The summed E-state index contributed by atoms with van der Waals surface area (Å²) in [6.45, 7) is 1.52. The summed E-state index contributed by atoms with van der Waals surface area (Å²) in [7, 11) is 1.40. The number of hydrogen-bond donors (Lipinski definition) is 0. The van der Waals surface area contributed by atoms with Crippen molar-refractivity contribution in [1.82, 2.24) is 4.90 Å². The van der Waals surface area contributed by atoms with Crippen molar-refractivity contribution in [3.05, 3.63) is 38.9 Å². The number of nitriles is 1. The summed E-state index contributed by atoms with van der Waals surface area (Å²) < 4.78 is 0. The number of nitro groups is 1. The Morgan fingerprint density at radius 1 is 1.61 bits per heavy atom. The Balaban J connectivity index is 3.24. The fourth-order valence-electron chi connectivity index (χ4n) is 1.29. The highest BCUT2D eigenvalue weighted by molar-refractivity contribution is 6.31. The Morgan fingerprint density at radius 3 is 2.72 bits per heavy atom. The molecule has 1 aromatic carbocycles. The van der Waals surface area contributed by atoms with Gasteiger partial charge in [0.2, 0.25) is 0 Å². The minimum atomic E-state index is -0.684. The maximum absolute atomic E-state index is 12.0. The molecule has 0 fully saturated rings. The van der Waals surface area contributed by atoms with Crippen molar-refractivity contribution in [3.8, 4) is 6.07 Å².